The summed E-state index contributed by atoms with van der Waals surface area (Å²) in [6, 6.07) is 15.7. The molecule has 1 amide bonds. The third-order valence-electron chi connectivity index (χ3n) is 5.42. The minimum absolute atomic E-state index is 0.0516. The largest absolute Gasteiger partial charge is 0.468 e. The summed E-state index contributed by atoms with van der Waals surface area (Å²) in [5, 5.41) is 0. The van der Waals surface area contributed by atoms with Crippen molar-refractivity contribution in [2.24, 2.45) is 0 Å². The number of aromatic nitrogens is 1. The summed E-state index contributed by atoms with van der Waals surface area (Å²) in [5.74, 6) is 0.485. The first-order chi connectivity index (χ1) is 16.0. The number of furan rings is 1. The minimum Gasteiger partial charge on any atom is -0.468 e. The quantitative estimate of drug-likeness (QED) is 0.513. The molecule has 0 unspecified atom stereocenters. The number of sulfonamides is 1. The monoisotopic (exact) mass is 466 g/mol. The van der Waals surface area contributed by atoms with Crippen LogP contribution < -0.4 is 4.72 Å². The molecule has 0 aliphatic carbocycles. The van der Waals surface area contributed by atoms with Gasteiger partial charge in [-0.3, -0.25) is 14.7 Å². The van der Waals surface area contributed by atoms with E-state index >= 15 is 0 Å². The van der Waals surface area contributed by atoms with Crippen LogP contribution >= 0.6 is 0 Å². The van der Waals surface area contributed by atoms with E-state index in [1.54, 1.807) is 36.5 Å². The van der Waals surface area contributed by atoms with E-state index in [0.29, 0.717) is 18.8 Å². The molecule has 172 valence electrons. The molecular formula is C24H26N4O4S. The zero-order valence-electron chi connectivity index (χ0n) is 18.1. The van der Waals surface area contributed by atoms with Crippen LogP contribution in [-0.2, 0) is 27.9 Å². The Morgan fingerprint density at radius 1 is 1.03 bits per heavy atom. The Hall–Kier alpha value is -3.27. The second kappa shape index (κ2) is 10.6. The first-order valence-corrected chi connectivity index (χ1v) is 12.2. The predicted octanol–water partition coefficient (Wildman–Crippen LogP) is 2.51. The molecule has 9 heteroatoms. The van der Waals surface area contributed by atoms with Gasteiger partial charge in [0.2, 0.25) is 15.9 Å². The molecule has 8 nitrogen and oxygen atoms in total. The van der Waals surface area contributed by atoms with Gasteiger partial charge in [-0.25, -0.2) is 13.1 Å². The number of rotatable bonds is 8. The number of carbonyl (C=O) groups is 1. The highest BCUT2D eigenvalue weighted by molar-refractivity contribution is 7.89. The van der Waals surface area contributed by atoms with Gasteiger partial charge < -0.3 is 9.32 Å². The molecule has 0 radical (unpaired) electrons. The molecule has 1 saturated heterocycles. The van der Waals surface area contributed by atoms with Crippen LogP contribution in [0.15, 0.2) is 82.4 Å². The van der Waals surface area contributed by atoms with E-state index in [0.717, 1.165) is 30.9 Å². The van der Waals surface area contributed by atoms with Crippen molar-refractivity contribution in [3.05, 3.63) is 90.2 Å². The highest BCUT2D eigenvalue weighted by Gasteiger charge is 2.20. The Bertz CT molecular complexity index is 1170. The molecule has 1 aromatic carbocycles. The Kier molecular flexibility index (Phi) is 7.33. The van der Waals surface area contributed by atoms with Crippen LogP contribution in [0.1, 0.15) is 17.0 Å². The molecule has 1 aliphatic rings. The predicted molar refractivity (Wildman–Crippen MR) is 124 cm³/mol. The zero-order chi connectivity index (χ0) is 23.1. The van der Waals surface area contributed by atoms with Gasteiger partial charge in [0.05, 0.1) is 23.4 Å². The molecule has 33 heavy (non-hydrogen) atoms. The maximum atomic E-state index is 12.6. The normalized spacial score (nSPS) is 15.2. The third-order valence-corrected chi connectivity index (χ3v) is 6.84. The van der Waals surface area contributed by atoms with Crippen molar-refractivity contribution < 1.29 is 17.6 Å². The average molecular weight is 467 g/mol. The number of piperazine rings is 1. The van der Waals surface area contributed by atoms with Gasteiger partial charge in [-0.05, 0) is 48.0 Å². The first-order valence-electron chi connectivity index (χ1n) is 10.7. The lowest BCUT2D eigenvalue weighted by Crippen LogP contribution is -2.47. The summed E-state index contributed by atoms with van der Waals surface area (Å²) in [4.78, 5) is 21.2. The Morgan fingerprint density at radius 3 is 2.48 bits per heavy atom. The summed E-state index contributed by atoms with van der Waals surface area (Å²) in [7, 11) is -3.65. The number of nitrogens with zero attached hydrogens (tertiary/aromatic N) is 3. The standard InChI is InChI=1S/C24H26N4O4S/c29-24(28-15-13-27(14-16-28)19-21-4-1-2-12-25-21)11-8-20-6-9-23(10-7-20)33(30,31)26-18-22-5-3-17-32-22/h1-12,17,26H,13-16,18-19H2/b11-8+. The summed E-state index contributed by atoms with van der Waals surface area (Å²) in [6.07, 6.45) is 6.52. The first kappa shape index (κ1) is 22.9. The van der Waals surface area contributed by atoms with Crippen molar-refractivity contribution in [1.82, 2.24) is 19.5 Å². The van der Waals surface area contributed by atoms with E-state index in [9.17, 15) is 13.2 Å². The van der Waals surface area contributed by atoms with E-state index in [-0.39, 0.29) is 17.3 Å². The number of hydrogen-bond acceptors (Lipinski definition) is 6. The lowest BCUT2D eigenvalue weighted by Gasteiger charge is -2.34. The van der Waals surface area contributed by atoms with Gasteiger partial charge in [0.25, 0.3) is 0 Å². The number of carbonyl (C=O) groups excluding carboxylic acids is 1. The van der Waals surface area contributed by atoms with Crippen LogP contribution in [0.2, 0.25) is 0 Å². The van der Waals surface area contributed by atoms with Gasteiger partial charge in [0, 0.05) is 45.0 Å². The van der Waals surface area contributed by atoms with Crippen LogP contribution in [0.3, 0.4) is 0 Å². The molecular weight excluding hydrogens is 440 g/mol. The second-order valence-corrected chi connectivity index (χ2v) is 9.50. The topological polar surface area (TPSA) is 95.7 Å². The molecule has 1 fully saturated rings. The second-order valence-electron chi connectivity index (χ2n) is 7.73. The fourth-order valence-electron chi connectivity index (χ4n) is 3.54. The number of hydrogen-bond donors (Lipinski definition) is 1. The van der Waals surface area contributed by atoms with Crippen LogP contribution in [0.5, 0.6) is 0 Å². The molecule has 0 saturated carbocycles. The van der Waals surface area contributed by atoms with Crippen molar-refractivity contribution in [1.29, 1.82) is 0 Å². The third kappa shape index (κ3) is 6.38. The lowest BCUT2D eigenvalue weighted by molar-refractivity contribution is -0.127. The fraction of sp³-hybridized carbons (Fsp3) is 0.250. The van der Waals surface area contributed by atoms with Gasteiger partial charge in [-0.2, -0.15) is 0 Å². The molecule has 3 aromatic rings. The smallest absolute Gasteiger partial charge is 0.246 e. The highest BCUT2D eigenvalue weighted by Crippen LogP contribution is 2.13. The van der Waals surface area contributed by atoms with E-state index in [2.05, 4.69) is 14.6 Å². The van der Waals surface area contributed by atoms with E-state index in [1.165, 1.54) is 24.5 Å². The van der Waals surface area contributed by atoms with Crippen molar-refractivity contribution in [3.8, 4) is 0 Å². The number of pyridine rings is 1. The Balaban J connectivity index is 1.27. The molecule has 4 rings (SSSR count). The van der Waals surface area contributed by atoms with Gasteiger partial charge in [-0.15, -0.1) is 0 Å². The molecule has 0 atom stereocenters. The van der Waals surface area contributed by atoms with Crippen LogP contribution in [0, 0.1) is 0 Å². The molecule has 3 heterocycles. The van der Waals surface area contributed by atoms with Gasteiger partial charge >= 0.3 is 0 Å². The van der Waals surface area contributed by atoms with Gasteiger partial charge in [-0.1, -0.05) is 18.2 Å². The molecule has 0 bridgehead atoms. The number of nitrogens with one attached hydrogen (secondary N) is 1. The zero-order valence-corrected chi connectivity index (χ0v) is 18.9. The van der Waals surface area contributed by atoms with Crippen LogP contribution in [-0.4, -0.2) is 55.3 Å². The maximum Gasteiger partial charge on any atom is 0.246 e. The lowest BCUT2D eigenvalue weighted by atomic mass is 10.2. The Morgan fingerprint density at radius 2 is 1.82 bits per heavy atom. The molecule has 1 aliphatic heterocycles. The Labute approximate surface area is 193 Å². The van der Waals surface area contributed by atoms with Crippen LogP contribution in [0.4, 0.5) is 0 Å². The fourth-order valence-corrected chi connectivity index (χ4v) is 4.53. The molecule has 1 N–H and O–H groups in total. The maximum absolute atomic E-state index is 12.6. The highest BCUT2D eigenvalue weighted by atomic mass is 32.2. The summed E-state index contributed by atoms with van der Waals surface area (Å²) in [6.45, 7) is 3.79. The van der Waals surface area contributed by atoms with Crippen LogP contribution in [0.25, 0.3) is 6.08 Å². The minimum atomic E-state index is -3.65. The van der Waals surface area contributed by atoms with Crippen molar-refractivity contribution in [2.45, 2.75) is 18.0 Å². The molecule has 0 spiro atoms. The van der Waals surface area contributed by atoms with E-state index in [1.807, 2.05) is 23.1 Å². The van der Waals surface area contributed by atoms with Gasteiger partial charge in [0.15, 0.2) is 0 Å². The van der Waals surface area contributed by atoms with Gasteiger partial charge in [0.1, 0.15) is 5.76 Å². The van der Waals surface area contributed by atoms with Crippen molar-refractivity contribution in [3.63, 3.8) is 0 Å². The number of benzene rings is 1. The number of amides is 1. The molecule has 2 aromatic heterocycles. The van der Waals surface area contributed by atoms with E-state index < -0.39 is 10.0 Å². The summed E-state index contributed by atoms with van der Waals surface area (Å²) < 4.78 is 32.5. The SMILES string of the molecule is O=C(/C=C/c1ccc(S(=O)(=O)NCc2ccco2)cc1)N1CCN(Cc2ccccn2)CC1. The summed E-state index contributed by atoms with van der Waals surface area (Å²) >= 11 is 0. The van der Waals surface area contributed by atoms with Crippen molar-refractivity contribution in [2.75, 3.05) is 26.2 Å². The van der Waals surface area contributed by atoms with E-state index in [4.69, 9.17) is 4.42 Å². The summed E-state index contributed by atoms with van der Waals surface area (Å²) in [5.41, 5.74) is 1.78. The average Bonchev–Trinajstić information content (AvgIpc) is 3.37. The van der Waals surface area contributed by atoms with Crippen molar-refractivity contribution >= 4 is 22.0 Å².